The van der Waals surface area contributed by atoms with E-state index in [1.807, 2.05) is 0 Å². The summed E-state index contributed by atoms with van der Waals surface area (Å²) in [6.07, 6.45) is 10.0. The minimum absolute atomic E-state index is 0.357. The summed E-state index contributed by atoms with van der Waals surface area (Å²) in [7, 11) is 0. The van der Waals surface area contributed by atoms with Crippen molar-refractivity contribution in [1.82, 2.24) is 4.90 Å². The second-order valence-electron chi connectivity index (χ2n) is 8.70. The number of piperidine rings is 1. The molecule has 0 aromatic carbocycles. The van der Waals surface area contributed by atoms with Crippen LogP contribution in [0, 0.1) is 23.7 Å². The molecule has 2 aliphatic rings. The Morgan fingerprint density at radius 1 is 1.09 bits per heavy atom. The lowest BCUT2D eigenvalue weighted by molar-refractivity contribution is -0.146. The van der Waals surface area contributed by atoms with Crippen molar-refractivity contribution in [1.29, 1.82) is 0 Å². The molecule has 4 atom stereocenters. The molecule has 2 fully saturated rings. The van der Waals surface area contributed by atoms with Crippen molar-refractivity contribution in [2.75, 3.05) is 0 Å². The minimum atomic E-state index is 0.357. The summed E-state index contributed by atoms with van der Waals surface area (Å²) in [4.78, 5) is 15.0. The number of carbonyl (C=O) groups is 1. The molecule has 128 valence electrons. The van der Waals surface area contributed by atoms with E-state index in [2.05, 4.69) is 39.5 Å². The molecule has 0 aromatic rings. The summed E-state index contributed by atoms with van der Waals surface area (Å²) in [5, 5.41) is 0. The maximum atomic E-state index is 12.8. The van der Waals surface area contributed by atoms with Gasteiger partial charge in [0, 0.05) is 18.5 Å². The highest BCUT2D eigenvalue weighted by Crippen LogP contribution is 2.42. The van der Waals surface area contributed by atoms with Crippen LogP contribution in [-0.4, -0.2) is 22.9 Å². The van der Waals surface area contributed by atoms with Gasteiger partial charge >= 0.3 is 0 Å². The molecule has 2 nitrogen and oxygen atoms in total. The molecule has 0 spiro atoms. The van der Waals surface area contributed by atoms with Gasteiger partial charge in [-0.3, -0.25) is 4.79 Å². The molecule has 1 saturated carbocycles. The van der Waals surface area contributed by atoms with Crippen LogP contribution < -0.4 is 0 Å². The Morgan fingerprint density at radius 2 is 1.77 bits per heavy atom. The molecule has 0 aromatic heterocycles. The number of likely N-dealkylation sites (tertiary alicyclic amines) is 1. The molecule has 1 amide bonds. The Morgan fingerprint density at radius 3 is 2.41 bits per heavy atom. The molecular formula is C20H37NO. The Hall–Kier alpha value is -0.530. The fourth-order valence-electron chi connectivity index (χ4n) is 5.03. The number of hydrogen-bond donors (Lipinski definition) is 0. The van der Waals surface area contributed by atoms with Crippen molar-refractivity contribution < 1.29 is 4.79 Å². The van der Waals surface area contributed by atoms with Crippen molar-refractivity contribution in [3.8, 4) is 0 Å². The maximum absolute atomic E-state index is 12.8. The predicted molar refractivity (Wildman–Crippen MR) is 93.7 cm³/mol. The van der Waals surface area contributed by atoms with Gasteiger partial charge in [-0.05, 0) is 56.8 Å². The number of hydrogen-bond acceptors (Lipinski definition) is 1. The van der Waals surface area contributed by atoms with E-state index >= 15 is 0 Å². The SMILES string of the molecule is CC(C)CC1CC(=O)N(C(C)C)C2CCCCCC(C)CC12. The van der Waals surface area contributed by atoms with Gasteiger partial charge in [0.05, 0.1) is 0 Å². The molecule has 4 unspecified atom stereocenters. The van der Waals surface area contributed by atoms with Crippen molar-refractivity contribution >= 4 is 5.91 Å². The molecule has 2 heteroatoms. The van der Waals surface area contributed by atoms with Crippen LogP contribution in [0.3, 0.4) is 0 Å². The standard InChI is InChI=1S/C20H37NO/c1-14(2)11-17-13-20(22)21(15(3)4)19-10-8-6-7-9-16(5)12-18(17)19/h14-19H,6-13H2,1-5H3. The zero-order valence-electron chi connectivity index (χ0n) is 15.5. The average Bonchev–Trinajstić information content (AvgIpc) is 2.48. The van der Waals surface area contributed by atoms with Crippen molar-refractivity contribution in [3.63, 3.8) is 0 Å². The van der Waals surface area contributed by atoms with Gasteiger partial charge in [0.2, 0.25) is 5.91 Å². The van der Waals surface area contributed by atoms with E-state index < -0.39 is 0 Å². The first-order valence-corrected chi connectivity index (χ1v) is 9.71. The summed E-state index contributed by atoms with van der Waals surface area (Å²) >= 11 is 0. The van der Waals surface area contributed by atoms with Gasteiger partial charge < -0.3 is 4.90 Å². The van der Waals surface area contributed by atoms with Crippen LogP contribution in [0.25, 0.3) is 0 Å². The molecule has 0 bridgehead atoms. The molecule has 22 heavy (non-hydrogen) atoms. The van der Waals surface area contributed by atoms with Crippen molar-refractivity contribution in [3.05, 3.63) is 0 Å². The highest BCUT2D eigenvalue weighted by Gasteiger charge is 2.43. The number of nitrogens with zero attached hydrogens (tertiary/aromatic N) is 1. The summed E-state index contributed by atoms with van der Waals surface area (Å²) in [6.45, 7) is 11.5. The minimum Gasteiger partial charge on any atom is -0.337 e. The fourth-order valence-corrected chi connectivity index (χ4v) is 5.03. The largest absolute Gasteiger partial charge is 0.337 e. The van der Waals surface area contributed by atoms with Crippen LogP contribution in [0.1, 0.15) is 86.0 Å². The molecule has 1 saturated heterocycles. The Labute approximate surface area is 138 Å². The van der Waals surface area contributed by atoms with Crippen LogP contribution in [0.15, 0.2) is 0 Å². The summed E-state index contributed by atoms with van der Waals surface area (Å²) in [5.41, 5.74) is 0. The third-order valence-corrected chi connectivity index (χ3v) is 5.88. The molecule has 0 N–H and O–H groups in total. The second kappa shape index (κ2) is 7.84. The number of carbonyl (C=O) groups excluding carboxylic acids is 1. The molecule has 0 radical (unpaired) electrons. The van der Waals surface area contributed by atoms with E-state index in [9.17, 15) is 4.79 Å². The third-order valence-electron chi connectivity index (χ3n) is 5.88. The smallest absolute Gasteiger partial charge is 0.223 e. The zero-order chi connectivity index (χ0) is 16.3. The van der Waals surface area contributed by atoms with Crippen LogP contribution in [0.2, 0.25) is 0 Å². The van der Waals surface area contributed by atoms with Gasteiger partial charge in [-0.2, -0.15) is 0 Å². The van der Waals surface area contributed by atoms with Crippen LogP contribution in [-0.2, 0) is 4.79 Å². The predicted octanol–water partition coefficient (Wildman–Crippen LogP) is 5.26. The molecule has 1 aliphatic heterocycles. The topological polar surface area (TPSA) is 20.3 Å². The third kappa shape index (κ3) is 4.26. The summed E-state index contributed by atoms with van der Waals surface area (Å²) in [5.74, 6) is 3.30. The summed E-state index contributed by atoms with van der Waals surface area (Å²) in [6, 6.07) is 0.863. The van der Waals surface area contributed by atoms with E-state index in [0.717, 1.165) is 18.3 Å². The Kier molecular flexibility index (Phi) is 6.35. The average molecular weight is 308 g/mol. The van der Waals surface area contributed by atoms with Gasteiger partial charge in [0.25, 0.3) is 0 Å². The highest BCUT2D eigenvalue weighted by molar-refractivity contribution is 5.78. The number of amides is 1. The molecule has 2 rings (SSSR count). The zero-order valence-corrected chi connectivity index (χ0v) is 15.5. The van der Waals surface area contributed by atoms with Crippen LogP contribution >= 0.6 is 0 Å². The van der Waals surface area contributed by atoms with Gasteiger partial charge in [-0.25, -0.2) is 0 Å². The molecular weight excluding hydrogens is 270 g/mol. The van der Waals surface area contributed by atoms with E-state index in [-0.39, 0.29) is 0 Å². The Balaban J connectivity index is 2.26. The Bertz CT molecular complexity index is 363. The lowest BCUT2D eigenvalue weighted by Crippen LogP contribution is -2.55. The van der Waals surface area contributed by atoms with E-state index in [0.29, 0.717) is 29.8 Å². The number of rotatable bonds is 3. The van der Waals surface area contributed by atoms with Gasteiger partial charge in [-0.15, -0.1) is 0 Å². The van der Waals surface area contributed by atoms with Crippen LogP contribution in [0.5, 0.6) is 0 Å². The quantitative estimate of drug-likeness (QED) is 0.696. The van der Waals surface area contributed by atoms with Gasteiger partial charge in [0.15, 0.2) is 0 Å². The monoisotopic (exact) mass is 307 g/mol. The first-order chi connectivity index (χ1) is 10.4. The molecule has 1 aliphatic carbocycles. The lowest BCUT2D eigenvalue weighted by atomic mass is 9.70. The van der Waals surface area contributed by atoms with Gasteiger partial charge in [-0.1, -0.05) is 46.5 Å². The lowest BCUT2D eigenvalue weighted by Gasteiger charge is -2.48. The second-order valence-corrected chi connectivity index (χ2v) is 8.70. The fraction of sp³-hybridized carbons (Fsp3) is 0.950. The van der Waals surface area contributed by atoms with Crippen molar-refractivity contribution in [2.45, 2.75) is 98.1 Å². The van der Waals surface area contributed by atoms with E-state index in [1.54, 1.807) is 0 Å². The van der Waals surface area contributed by atoms with E-state index in [1.165, 1.54) is 44.9 Å². The maximum Gasteiger partial charge on any atom is 0.223 e. The van der Waals surface area contributed by atoms with E-state index in [4.69, 9.17) is 0 Å². The summed E-state index contributed by atoms with van der Waals surface area (Å²) < 4.78 is 0. The first kappa shape index (κ1) is 17.8. The van der Waals surface area contributed by atoms with Crippen molar-refractivity contribution in [2.24, 2.45) is 23.7 Å². The highest BCUT2D eigenvalue weighted by atomic mass is 16.2. The van der Waals surface area contributed by atoms with Gasteiger partial charge in [0.1, 0.15) is 0 Å². The first-order valence-electron chi connectivity index (χ1n) is 9.71. The van der Waals surface area contributed by atoms with Crippen LogP contribution in [0.4, 0.5) is 0 Å². The normalized spacial score (nSPS) is 34.3. The number of fused-ring (bicyclic) bond motifs is 1. The molecule has 1 heterocycles.